The summed E-state index contributed by atoms with van der Waals surface area (Å²) in [5, 5.41) is 0. The van der Waals surface area contributed by atoms with Gasteiger partial charge in [0, 0.05) is 5.92 Å². The normalized spacial score (nSPS) is 35.5. The topological polar surface area (TPSA) is 17.1 Å². The van der Waals surface area contributed by atoms with Gasteiger partial charge in [-0.25, -0.2) is 0 Å². The van der Waals surface area contributed by atoms with E-state index >= 15 is 0 Å². The highest BCUT2D eigenvalue weighted by Crippen LogP contribution is 2.49. The third-order valence-corrected chi connectivity index (χ3v) is 3.87. The van der Waals surface area contributed by atoms with Crippen LogP contribution < -0.4 is 0 Å². The molecule has 2 fully saturated rings. The lowest BCUT2D eigenvalue weighted by Gasteiger charge is -2.12. The van der Waals surface area contributed by atoms with Gasteiger partial charge < -0.3 is 0 Å². The summed E-state index contributed by atoms with van der Waals surface area (Å²) in [6, 6.07) is 0. The number of Topliss-reactive ketones (excluding diaryl/α,β-unsaturated/α-hetero) is 1. The summed E-state index contributed by atoms with van der Waals surface area (Å²) < 4.78 is 0. The molecule has 0 bridgehead atoms. The summed E-state index contributed by atoms with van der Waals surface area (Å²) in [6.45, 7) is 1.77. The highest BCUT2D eigenvalue weighted by Gasteiger charge is 2.45. The lowest BCUT2D eigenvalue weighted by atomic mass is 9.93. The molecule has 2 rings (SSSR count). The molecule has 2 atom stereocenters. The van der Waals surface area contributed by atoms with Gasteiger partial charge >= 0.3 is 0 Å². The molecular weight excluding hydrogens is 160 g/mol. The standard InChI is InChI=1S/C12H20O/c1-9(13)11-8-12(11)10-6-4-2-3-5-7-10/h10-12H,2-8H2,1H3. The Balaban J connectivity index is 1.84. The number of rotatable bonds is 2. The van der Waals surface area contributed by atoms with Gasteiger partial charge in [-0.2, -0.15) is 0 Å². The van der Waals surface area contributed by atoms with Crippen LogP contribution >= 0.6 is 0 Å². The minimum atomic E-state index is 0.439. The van der Waals surface area contributed by atoms with Gasteiger partial charge in [0.25, 0.3) is 0 Å². The van der Waals surface area contributed by atoms with Crippen molar-refractivity contribution < 1.29 is 4.79 Å². The van der Waals surface area contributed by atoms with Crippen LogP contribution in [0.1, 0.15) is 51.9 Å². The maximum absolute atomic E-state index is 11.1. The first-order valence-electron chi connectivity index (χ1n) is 5.79. The maximum Gasteiger partial charge on any atom is 0.133 e. The Bertz CT molecular complexity index is 189. The molecule has 74 valence electrons. The Morgan fingerprint density at radius 2 is 1.69 bits per heavy atom. The Morgan fingerprint density at radius 1 is 1.08 bits per heavy atom. The van der Waals surface area contributed by atoms with Crippen LogP contribution in [0.4, 0.5) is 0 Å². The number of carbonyl (C=O) groups excluding carboxylic acids is 1. The van der Waals surface area contributed by atoms with Crippen LogP contribution in [-0.4, -0.2) is 5.78 Å². The Kier molecular flexibility index (Phi) is 2.71. The summed E-state index contributed by atoms with van der Waals surface area (Å²) in [5.41, 5.74) is 0. The van der Waals surface area contributed by atoms with E-state index in [9.17, 15) is 4.79 Å². The van der Waals surface area contributed by atoms with E-state index in [2.05, 4.69) is 0 Å². The molecule has 2 saturated carbocycles. The molecule has 0 aromatic rings. The van der Waals surface area contributed by atoms with E-state index < -0.39 is 0 Å². The molecule has 0 heterocycles. The summed E-state index contributed by atoms with van der Waals surface area (Å²) in [4.78, 5) is 11.1. The quantitative estimate of drug-likeness (QED) is 0.596. The van der Waals surface area contributed by atoms with E-state index in [0.29, 0.717) is 11.7 Å². The van der Waals surface area contributed by atoms with Crippen molar-refractivity contribution >= 4 is 5.78 Å². The third-order valence-electron chi connectivity index (χ3n) is 3.87. The van der Waals surface area contributed by atoms with E-state index in [1.165, 1.54) is 44.9 Å². The van der Waals surface area contributed by atoms with E-state index in [0.717, 1.165) is 11.8 Å². The molecule has 0 N–H and O–H groups in total. The molecule has 0 saturated heterocycles. The van der Waals surface area contributed by atoms with Gasteiger partial charge in [-0.15, -0.1) is 0 Å². The first kappa shape index (κ1) is 9.23. The van der Waals surface area contributed by atoms with Crippen molar-refractivity contribution in [3.05, 3.63) is 0 Å². The highest BCUT2D eigenvalue weighted by molar-refractivity contribution is 5.81. The van der Waals surface area contributed by atoms with Crippen LogP contribution in [-0.2, 0) is 4.79 Å². The van der Waals surface area contributed by atoms with Crippen molar-refractivity contribution in [3.63, 3.8) is 0 Å². The molecule has 2 aliphatic carbocycles. The minimum absolute atomic E-state index is 0.439. The molecule has 0 spiro atoms. The molecular formula is C12H20O. The van der Waals surface area contributed by atoms with Crippen molar-refractivity contribution in [1.29, 1.82) is 0 Å². The fraction of sp³-hybridized carbons (Fsp3) is 0.917. The molecule has 2 unspecified atom stereocenters. The van der Waals surface area contributed by atoms with Crippen LogP contribution in [0, 0.1) is 17.8 Å². The van der Waals surface area contributed by atoms with Crippen LogP contribution in [0.2, 0.25) is 0 Å². The molecule has 1 heteroatoms. The van der Waals surface area contributed by atoms with Crippen LogP contribution in [0.25, 0.3) is 0 Å². The zero-order chi connectivity index (χ0) is 9.26. The molecule has 0 aliphatic heterocycles. The molecule has 1 nitrogen and oxygen atoms in total. The summed E-state index contributed by atoms with van der Waals surface area (Å²) in [6.07, 6.45) is 9.67. The Morgan fingerprint density at radius 3 is 2.15 bits per heavy atom. The molecule has 0 radical (unpaired) electrons. The van der Waals surface area contributed by atoms with Gasteiger partial charge in [-0.05, 0) is 25.2 Å². The second kappa shape index (κ2) is 3.81. The highest BCUT2D eigenvalue weighted by atomic mass is 16.1. The number of hydrogen-bond acceptors (Lipinski definition) is 1. The Hall–Kier alpha value is -0.330. The SMILES string of the molecule is CC(=O)C1CC1C1CCCCCC1. The zero-order valence-corrected chi connectivity index (χ0v) is 8.59. The number of ketones is 1. The van der Waals surface area contributed by atoms with Crippen LogP contribution in [0.5, 0.6) is 0 Å². The first-order chi connectivity index (χ1) is 6.29. The maximum atomic E-state index is 11.1. The van der Waals surface area contributed by atoms with Gasteiger partial charge in [0.05, 0.1) is 0 Å². The lowest BCUT2D eigenvalue weighted by Crippen LogP contribution is -2.06. The predicted molar refractivity (Wildman–Crippen MR) is 53.5 cm³/mol. The number of carbonyl (C=O) groups is 1. The summed E-state index contributed by atoms with van der Waals surface area (Å²) in [5.74, 6) is 2.59. The molecule has 2 aliphatic rings. The van der Waals surface area contributed by atoms with Crippen molar-refractivity contribution in [2.75, 3.05) is 0 Å². The average Bonchev–Trinajstić information content (AvgIpc) is 2.89. The molecule has 0 aromatic carbocycles. The molecule has 0 amide bonds. The van der Waals surface area contributed by atoms with Gasteiger partial charge in [-0.1, -0.05) is 38.5 Å². The second-order valence-electron chi connectivity index (χ2n) is 4.87. The van der Waals surface area contributed by atoms with Gasteiger partial charge in [0.2, 0.25) is 0 Å². The lowest BCUT2D eigenvalue weighted by molar-refractivity contribution is -0.118. The summed E-state index contributed by atoms with van der Waals surface area (Å²) >= 11 is 0. The van der Waals surface area contributed by atoms with Crippen molar-refractivity contribution in [2.24, 2.45) is 17.8 Å². The van der Waals surface area contributed by atoms with Crippen molar-refractivity contribution in [1.82, 2.24) is 0 Å². The first-order valence-corrected chi connectivity index (χ1v) is 5.79. The van der Waals surface area contributed by atoms with Gasteiger partial charge in [-0.3, -0.25) is 4.79 Å². The van der Waals surface area contributed by atoms with Gasteiger partial charge in [0.15, 0.2) is 0 Å². The fourth-order valence-electron chi connectivity index (χ4n) is 2.94. The van der Waals surface area contributed by atoms with E-state index in [1.54, 1.807) is 6.92 Å². The monoisotopic (exact) mass is 180 g/mol. The van der Waals surface area contributed by atoms with Crippen molar-refractivity contribution in [3.8, 4) is 0 Å². The third kappa shape index (κ3) is 2.12. The number of hydrogen-bond donors (Lipinski definition) is 0. The molecule has 0 aromatic heterocycles. The fourth-order valence-corrected chi connectivity index (χ4v) is 2.94. The molecule has 13 heavy (non-hydrogen) atoms. The average molecular weight is 180 g/mol. The van der Waals surface area contributed by atoms with E-state index in [1.807, 2.05) is 0 Å². The van der Waals surface area contributed by atoms with Crippen LogP contribution in [0.3, 0.4) is 0 Å². The van der Waals surface area contributed by atoms with Gasteiger partial charge in [0.1, 0.15) is 5.78 Å². The minimum Gasteiger partial charge on any atom is -0.300 e. The largest absolute Gasteiger partial charge is 0.300 e. The summed E-state index contributed by atoms with van der Waals surface area (Å²) in [7, 11) is 0. The second-order valence-corrected chi connectivity index (χ2v) is 4.87. The predicted octanol–water partition coefficient (Wildman–Crippen LogP) is 3.18. The van der Waals surface area contributed by atoms with Crippen molar-refractivity contribution in [2.45, 2.75) is 51.9 Å². The van der Waals surface area contributed by atoms with E-state index in [-0.39, 0.29) is 0 Å². The zero-order valence-electron chi connectivity index (χ0n) is 8.59. The smallest absolute Gasteiger partial charge is 0.133 e. The van der Waals surface area contributed by atoms with E-state index in [4.69, 9.17) is 0 Å². The Labute approximate surface area is 80.9 Å². The van der Waals surface area contributed by atoms with Crippen LogP contribution in [0.15, 0.2) is 0 Å².